The van der Waals surface area contributed by atoms with Crippen LogP contribution in [0.1, 0.15) is 29.8 Å². The van der Waals surface area contributed by atoms with E-state index in [1.807, 2.05) is 32.0 Å². The number of carbonyl (C=O) groups is 2. The lowest BCUT2D eigenvalue weighted by molar-refractivity contribution is -0.684. The van der Waals surface area contributed by atoms with Crippen LogP contribution in [-0.2, 0) is 17.8 Å². The summed E-state index contributed by atoms with van der Waals surface area (Å²) in [5, 5.41) is 2.87. The number of hydrogen-bond acceptors (Lipinski definition) is 4. The second kappa shape index (κ2) is 10.2. The van der Waals surface area contributed by atoms with Gasteiger partial charge in [0.2, 0.25) is 6.54 Å². The number of hydrogen-bond donors (Lipinski definition) is 2. The predicted molar refractivity (Wildman–Crippen MR) is 101 cm³/mol. The Balaban J connectivity index is 1.88. The van der Waals surface area contributed by atoms with Crippen molar-refractivity contribution >= 4 is 11.8 Å². The van der Waals surface area contributed by atoms with Crippen molar-refractivity contribution in [3.05, 3.63) is 53.9 Å². The summed E-state index contributed by atoms with van der Waals surface area (Å²) in [6.07, 6.45) is 3.94. The first-order chi connectivity index (χ1) is 13.0. The van der Waals surface area contributed by atoms with Crippen molar-refractivity contribution in [3.63, 3.8) is 0 Å². The molecule has 0 saturated heterocycles. The van der Waals surface area contributed by atoms with Gasteiger partial charge in [0.15, 0.2) is 23.9 Å². The first-order valence-corrected chi connectivity index (χ1v) is 8.97. The Morgan fingerprint density at radius 1 is 1.11 bits per heavy atom. The maximum Gasteiger partial charge on any atom is 0.285 e. The van der Waals surface area contributed by atoms with Gasteiger partial charge in [0.05, 0.1) is 13.2 Å². The number of rotatable bonds is 10. The van der Waals surface area contributed by atoms with E-state index in [-0.39, 0.29) is 12.5 Å². The average molecular weight is 372 g/mol. The Bertz CT molecular complexity index is 793. The zero-order valence-electron chi connectivity index (χ0n) is 15.7. The van der Waals surface area contributed by atoms with Gasteiger partial charge in [0, 0.05) is 12.6 Å². The third-order valence-electron chi connectivity index (χ3n) is 3.81. The standard InChI is InChI=1S/C20H25N3O4/c1-3-26-17-8-7-15(12-18(17)27-4-2)9-10-22-19(24)14-23-11-5-6-16(13-23)20(21)25/h5-8,11-13H,3-4,9-10,14H2,1-2H3,(H2-,21,22,24,25)/p+1. The molecule has 27 heavy (non-hydrogen) atoms. The second-order valence-electron chi connectivity index (χ2n) is 5.88. The Kier molecular flexibility index (Phi) is 7.61. The molecule has 2 aromatic rings. The topological polar surface area (TPSA) is 94.5 Å². The van der Waals surface area contributed by atoms with Gasteiger partial charge in [-0.25, -0.2) is 0 Å². The molecule has 0 fully saturated rings. The highest BCUT2D eigenvalue weighted by atomic mass is 16.5. The molecule has 2 rings (SSSR count). The van der Waals surface area contributed by atoms with E-state index in [1.54, 1.807) is 29.1 Å². The number of carbonyl (C=O) groups excluding carboxylic acids is 2. The van der Waals surface area contributed by atoms with Crippen molar-refractivity contribution in [1.82, 2.24) is 5.32 Å². The third kappa shape index (κ3) is 6.29. The molecule has 0 spiro atoms. The number of amides is 2. The average Bonchev–Trinajstić information content (AvgIpc) is 2.64. The summed E-state index contributed by atoms with van der Waals surface area (Å²) < 4.78 is 12.8. The van der Waals surface area contributed by atoms with E-state index in [0.717, 1.165) is 11.3 Å². The Hall–Kier alpha value is -3.09. The van der Waals surface area contributed by atoms with Crippen molar-refractivity contribution in [2.45, 2.75) is 26.8 Å². The molecule has 0 saturated carbocycles. The summed E-state index contributed by atoms with van der Waals surface area (Å²) in [6.45, 7) is 5.60. The van der Waals surface area contributed by atoms with E-state index in [2.05, 4.69) is 5.32 Å². The summed E-state index contributed by atoms with van der Waals surface area (Å²) in [6, 6.07) is 9.08. The summed E-state index contributed by atoms with van der Waals surface area (Å²) in [5.41, 5.74) is 6.66. The van der Waals surface area contributed by atoms with Crippen molar-refractivity contribution in [2.75, 3.05) is 19.8 Å². The molecule has 1 heterocycles. The van der Waals surface area contributed by atoms with Crippen molar-refractivity contribution in [1.29, 1.82) is 0 Å². The van der Waals surface area contributed by atoms with E-state index in [9.17, 15) is 9.59 Å². The summed E-state index contributed by atoms with van der Waals surface area (Å²) in [4.78, 5) is 23.3. The molecular weight excluding hydrogens is 346 g/mol. The second-order valence-corrected chi connectivity index (χ2v) is 5.88. The van der Waals surface area contributed by atoms with Crippen molar-refractivity contribution in [3.8, 4) is 11.5 Å². The summed E-state index contributed by atoms with van der Waals surface area (Å²) in [7, 11) is 0. The smallest absolute Gasteiger partial charge is 0.285 e. The molecule has 3 N–H and O–H groups in total. The zero-order chi connectivity index (χ0) is 19.6. The van der Waals surface area contributed by atoms with Crippen LogP contribution in [0.15, 0.2) is 42.7 Å². The van der Waals surface area contributed by atoms with Gasteiger partial charge >= 0.3 is 0 Å². The highest BCUT2D eigenvalue weighted by Gasteiger charge is 2.12. The van der Waals surface area contributed by atoms with E-state index in [0.29, 0.717) is 37.5 Å². The summed E-state index contributed by atoms with van der Waals surface area (Å²) >= 11 is 0. The van der Waals surface area contributed by atoms with Gasteiger partial charge in [0.25, 0.3) is 11.8 Å². The van der Waals surface area contributed by atoms with Crippen molar-refractivity contribution in [2.24, 2.45) is 5.73 Å². The highest BCUT2D eigenvalue weighted by Crippen LogP contribution is 2.28. The Morgan fingerprint density at radius 2 is 1.85 bits per heavy atom. The van der Waals surface area contributed by atoms with E-state index in [1.165, 1.54) is 0 Å². The molecule has 0 radical (unpaired) electrons. The molecule has 0 unspecified atom stereocenters. The fourth-order valence-electron chi connectivity index (χ4n) is 2.59. The molecule has 144 valence electrons. The summed E-state index contributed by atoms with van der Waals surface area (Å²) in [5.74, 6) is 0.766. The maximum atomic E-state index is 12.1. The number of primary amides is 1. The Morgan fingerprint density at radius 3 is 2.56 bits per heavy atom. The molecule has 0 atom stereocenters. The zero-order valence-corrected chi connectivity index (χ0v) is 15.7. The fourth-order valence-corrected chi connectivity index (χ4v) is 2.59. The lowest BCUT2D eigenvalue weighted by atomic mass is 10.1. The van der Waals surface area contributed by atoms with Crippen LogP contribution in [0.25, 0.3) is 0 Å². The van der Waals surface area contributed by atoms with Crippen molar-refractivity contribution < 1.29 is 23.6 Å². The highest BCUT2D eigenvalue weighted by molar-refractivity contribution is 5.92. The van der Waals surface area contributed by atoms with Crippen LogP contribution >= 0.6 is 0 Å². The molecule has 7 nitrogen and oxygen atoms in total. The lowest BCUT2D eigenvalue weighted by Gasteiger charge is -2.12. The molecule has 2 amide bonds. The lowest BCUT2D eigenvalue weighted by Crippen LogP contribution is -2.43. The molecule has 1 aromatic carbocycles. The van der Waals surface area contributed by atoms with Gasteiger partial charge in [-0.1, -0.05) is 6.07 Å². The molecule has 1 aromatic heterocycles. The largest absolute Gasteiger partial charge is 0.490 e. The number of pyridine rings is 1. The van der Waals surface area contributed by atoms with Gasteiger partial charge in [-0.15, -0.1) is 0 Å². The maximum absolute atomic E-state index is 12.1. The first kappa shape index (κ1) is 20.2. The van der Waals surface area contributed by atoms with Crippen LogP contribution in [0, 0.1) is 0 Å². The number of benzene rings is 1. The normalized spacial score (nSPS) is 10.3. The van der Waals surface area contributed by atoms with E-state index in [4.69, 9.17) is 15.2 Å². The van der Waals surface area contributed by atoms with Crippen LogP contribution in [0.4, 0.5) is 0 Å². The monoisotopic (exact) mass is 372 g/mol. The SMILES string of the molecule is CCOc1ccc(CCNC(=O)C[n+]2cccc(C(N)=O)c2)cc1OCC. The minimum atomic E-state index is -0.523. The molecule has 7 heteroatoms. The van der Waals surface area contributed by atoms with E-state index >= 15 is 0 Å². The molecule has 0 aliphatic carbocycles. The number of nitrogens with zero attached hydrogens (tertiary/aromatic N) is 1. The quantitative estimate of drug-likeness (QED) is 0.613. The minimum Gasteiger partial charge on any atom is -0.490 e. The number of ether oxygens (including phenoxy) is 2. The van der Waals surface area contributed by atoms with Crippen LogP contribution in [-0.4, -0.2) is 31.6 Å². The van der Waals surface area contributed by atoms with Crippen LogP contribution in [0.5, 0.6) is 11.5 Å². The molecule has 0 aliphatic heterocycles. The fraction of sp³-hybridized carbons (Fsp3) is 0.350. The van der Waals surface area contributed by atoms with Crippen LogP contribution in [0.3, 0.4) is 0 Å². The van der Waals surface area contributed by atoms with Crippen LogP contribution < -0.4 is 25.1 Å². The Labute approximate surface area is 159 Å². The van der Waals surface area contributed by atoms with Gasteiger partial charge in [0.1, 0.15) is 5.56 Å². The molecular formula is C20H26N3O4+. The van der Waals surface area contributed by atoms with Gasteiger partial charge < -0.3 is 20.5 Å². The predicted octanol–water partition coefficient (Wildman–Crippen LogP) is 1.23. The molecule has 0 bridgehead atoms. The van der Waals surface area contributed by atoms with Gasteiger partial charge in [-0.05, 0) is 44.0 Å². The molecule has 0 aliphatic rings. The minimum absolute atomic E-state index is 0.120. The van der Waals surface area contributed by atoms with Crippen LogP contribution in [0.2, 0.25) is 0 Å². The number of aromatic nitrogens is 1. The van der Waals surface area contributed by atoms with Gasteiger partial charge in [-0.3, -0.25) is 9.59 Å². The number of nitrogens with two attached hydrogens (primary N) is 1. The van der Waals surface area contributed by atoms with E-state index < -0.39 is 5.91 Å². The number of nitrogens with one attached hydrogen (secondary N) is 1. The first-order valence-electron chi connectivity index (χ1n) is 8.97. The third-order valence-corrected chi connectivity index (χ3v) is 3.81. The van der Waals surface area contributed by atoms with Gasteiger partial charge in [-0.2, -0.15) is 4.57 Å².